The molecule has 3 heteroatoms. The number of hydrogen-bond donors (Lipinski definition) is 1. The molecule has 1 saturated heterocycles. The molecule has 0 aromatic carbocycles. The van der Waals surface area contributed by atoms with Gasteiger partial charge in [0.25, 0.3) is 0 Å². The van der Waals surface area contributed by atoms with Crippen molar-refractivity contribution in [2.75, 3.05) is 13.2 Å². The Balaban J connectivity index is 2.22. The topological polar surface area (TPSA) is 46.5 Å². The molecule has 0 aliphatic carbocycles. The maximum absolute atomic E-state index is 10.8. The predicted molar refractivity (Wildman–Crippen MR) is 34.8 cm³/mol. The summed E-state index contributed by atoms with van der Waals surface area (Å²) in [4.78, 5) is 0. The highest BCUT2D eigenvalue weighted by molar-refractivity contribution is 4.78. The molecule has 0 aromatic heterocycles. The van der Waals surface area contributed by atoms with Gasteiger partial charge in [-0.15, -0.1) is 0 Å². The number of nitrogens with zero attached hydrogens (tertiary/aromatic N) is 1. The average molecular weight is 130 g/mol. The van der Waals surface area contributed by atoms with Gasteiger partial charge >= 0.3 is 0 Å². The molecule has 1 rings (SSSR count). The fraction of sp³-hybridized carbons (Fsp3) is 1.00. The first kappa shape index (κ1) is 6.99. The molecule has 1 aliphatic rings. The van der Waals surface area contributed by atoms with Crippen molar-refractivity contribution in [2.24, 2.45) is 0 Å². The summed E-state index contributed by atoms with van der Waals surface area (Å²) in [5, 5.41) is 20.3. The molecule has 3 nitrogen and oxygen atoms in total. The Morgan fingerprint density at radius 3 is 2.89 bits per heavy atom. The molecule has 0 bridgehead atoms. The van der Waals surface area contributed by atoms with Gasteiger partial charge in [0, 0.05) is 6.61 Å². The minimum absolute atomic E-state index is 0.106. The first-order valence-electron chi connectivity index (χ1n) is 3.39. The molecular weight excluding hydrogens is 118 g/mol. The zero-order valence-electron chi connectivity index (χ0n) is 5.42. The smallest absolute Gasteiger partial charge is 0.0445 e. The molecule has 0 spiro atoms. The normalized spacial score (nSPS) is 29.3. The van der Waals surface area contributed by atoms with E-state index >= 15 is 0 Å². The van der Waals surface area contributed by atoms with Gasteiger partial charge in [-0.25, -0.2) is 0 Å². The van der Waals surface area contributed by atoms with Crippen LogP contribution in [0.4, 0.5) is 0 Å². The van der Waals surface area contributed by atoms with E-state index in [4.69, 9.17) is 5.11 Å². The van der Waals surface area contributed by atoms with Crippen LogP contribution < -0.4 is 0 Å². The molecule has 1 N–H and O–H groups in total. The van der Waals surface area contributed by atoms with Gasteiger partial charge in [-0.05, 0) is 31.8 Å². The lowest BCUT2D eigenvalue weighted by Gasteiger charge is -2.29. The van der Waals surface area contributed by atoms with Crippen molar-refractivity contribution in [1.82, 2.24) is 5.06 Å². The van der Waals surface area contributed by atoms with E-state index < -0.39 is 0 Å². The third-order valence-corrected chi connectivity index (χ3v) is 1.79. The van der Waals surface area contributed by atoms with Crippen molar-refractivity contribution in [2.45, 2.75) is 25.3 Å². The predicted octanol–water partition coefficient (Wildman–Crippen LogP) is 0.331. The Morgan fingerprint density at radius 1 is 1.67 bits per heavy atom. The van der Waals surface area contributed by atoms with E-state index in [1.54, 1.807) is 0 Å². The molecule has 0 saturated carbocycles. The fourth-order valence-electron chi connectivity index (χ4n) is 1.25. The number of hydrogen-bond acceptors (Lipinski definition) is 3. The largest absolute Gasteiger partial charge is 0.785 e. The Bertz CT molecular complexity index is 87.1. The molecule has 0 radical (unpaired) electrons. The van der Waals surface area contributed by atoms with Crippen LogP contribution in [0.25, 0.3) is 0 Å². The van der Waals surface area contributed by atoms with Crippen molar-refractivity contribution in [1.29, 1.82) is 0 Å². The van der Waals surface area contributed by atoms with Gasteiger partial charge in [-0.2, -0.15) is 0 Å². The van der Waals surface area contributed by atoms with Gasteiger partial charge in [0.05, 0.1) is 0 Å². The van der Waals surface area contributed by atoms with Gasteiger partial charge < -0.3 is 15.4 Å². The van der Waals surface area contributed by atoms with E-state index in [2.05, 4.69) is 0 Å². The Labute approximate surface area is 54.9 Å². The summed E-state index contributed by atoms with van der Waals surface area (Å²) in [5.74, 6) is 0. The van der Waals surface area contributed by atoms with Crippen LogP contribution in [0.15, 0.2) is 0 Å². The summed E-state index contributed by atoms with van der Waals surface area (Å²) in [6.07, 6.45) is 2.60. The lowest BCUT2D eigenvalue weighted by Crippen LogP contribution is -2.23. The van der Waals surface area contributed by atoms with E-state index in [-0.39, 0.29) is 12.6 Å². The molecule has 1 heterocycles. The quantitative estimate of drug-likeness (QED) is 0.586. The van der Waals surface area contributed by atoms with Crippen LogP contribution in [0.2, 0.25) is 0 Å². The first-order chi connectivity index (χ1) is 4.34. The second kappa shape index (κ2) is 3.15. The molecule has 9 heavy (non-hydrogen) atoms. The fourth-order valence-corrected chi connectivity index (χ4v) is 1.25. The minimum Gasteiger partial charge on any atom is -0.785 e. The van der Waals surface area contributed by atoms with Crippen molar-refractivity contribution < 1.29 is 5.11 Å². The lowest BCUT2D eigenvalue weighted by atomic mass is 10.2. The van der Waals surface area contributed by atoms with E-state index in [1.165, 1.54) is 0 Å². The zero-order valence-corrected chi connectivity index (χ0v) is 5.42. The maximum Gasteiger partial charge on any atom is 0.0445 e. The standard InChI is InChI=1S/C6H12NO2/c8-5-3-6-2-1-4-7(6)9/h6,8H,1-5H2/q-1. The maximum atomic E-state index is 10.8. The number of rotatable bonds is 2. The number of hydroxylamine groups is 2. The average Bonchev–Trinajstić information content (AvgIpc) is 2.18. The van der Waals surface area contributed by atoms with Gasteiger partial charge in [-0.1, -0.05) is 0 Å². The van der Waals surface area contributed by atoms with Crippen molar-refractivity contribution in [3.8, 4) is 0 Å². The summed E-state index contributed by atoms with van der Waals surface area (Å²) >= 11 is 0. The van der Waals surface area contributed by atoms with Crippen LogP contribution in [0.5, 0.6) is 0 Å². The molecule has 0 amide bonds. The summed E-state index contributed by atoms with van der Waals surface area (Å²) in [6, 6.07) is 0.106. The molecule has 0 aromatic rings. The van der Waals surface area contributed by atoms with E-state index in [9.17, 15) is 5.21 Å². The summed E-state index contributed by atoms with van der Waals surface area (Å²) in [7, 11) is 0. The van der Waals surface area contributed by atoms with Crippen molar-refractivity contribution in [3.05, 3.63) is 5.21 Å². The zero-order chi connectivity index (χ0) is 6.69. The van der Waals surface area contributed by atoms with Crippen LogP contribution >= 0.6 is 0 Å². The Hall–Kier alpha value is -0.120. The van der Waals surface area contributed by atoms with Gasteiger partial charge in [0.1, 0.15) is 0 Å². The molecule has 1 aliphatic heterocycles. The lowest BCUT2D eigenvalue weighted by molar-refractivity contribution is 0.233. The third-order valence-electron chi connectivity index (χ3n) is 1.79. The first-order valence-corrected chi connectivity index (χ1v) is 3.39. The van der Waals surface area contributed by atoms with Crippen molar-refractivity contribution >= 4 is 0 Å². The molecule has 1 unspecified atom stereocenters. The van der Waals surface area contributed by atoms with Crippen LogP contribution in [-0.2, 0) is 0 Å². The highest BCUT2D eigenvalue weighted by Crippen LogP contribution is 2.17. The molecular formula is C6H12NO2-. The molecule has 1 fully saturated rings. The Kier molecular flexibility index (Phi) is 2.45. The second-order valence-electron chi connectivity index (χ2n) is 2.45. The number of aliphatic hydroxyl groups is 1. The van der Waals surface area contributed by atoms with Crippen LogP contribution in [0.1, 0.15) is 19.3 Å². The highest BCUT2D eigenvalue weighted by Gasteiger charge is 2.15. The third kappa shape index (κ3) is 1.64. The van der Waals surface area contributed by atoms with Crippen molar-refractivity contribution in [3.63, 3.8) is 0 Å². The van der Waals surface area contributed by atoms with Crippen LogP contribution in [0.3, 0.4) is 0 Å². The van der Waals surface area contributed by atoms with Gasteiger partial charge in [0.15, 0.2) is 0 Å². The minimum atomic E-state index is 0.106. The van der Waals surface area contributed by atoms with Gasteiger partial charge in [0.2, 0.25) is 0 Å². The van der Waals surface area contributed by atoms with E-state index in [0.29, 0.717) is 13.0 Å². The van der Waals surface area contributed by atoms with Crippen LogP contribution in [-0.4, -0.2) is 29.4 Å². The Morgan fingerprint density at radius 2 is 2.44 bits per heavy atom. The monoisotopic (exact) mass is 130 g/mol. The van der Waals surface area contributed by atoms with E-state index in [1.807, 2.05) is 0 Å². The van der Waals surface area contributed by atoms with Gasteiger partial charge in [-0.3, -0.25) is 0 Å². The SMILES string of the molecule is [O-]N1CCCC1CCO. The summed E-state index contributed by atoms with van der Waals surface area (Å²) < 4.78 is 0. The second-order valence-corrected chi connectivity index (χ2v) is 2.45. The molecule has 1 atom stereocenters. The summed E-state index contributed by atoms with van der Waals surface area (Å²) in [5.41, 5.74) is 0. The van der Waals surface area contributed by atoms with Crippen LogP contribution in [0, 0.1) is 5.21 Å². The van der Waals surface area contributed by atoms with E-state index in [0.717, 1.165) is 17.9 Å². The highest BCUT2D eigenvalue weighted by atomic mass is 16.5. The molecule has 54 valence electrons. The number of aliphatic hydroxyl groups excluding tert-OH is 1. The summed E-state index contributed by atoms with van der Waals surface area (Å²) in [6.45, 7) is 0.800.